The second kappa shape index (κ2) is 6.69. The summed E-state index contributed by atoms with van der Waals surface area (Å²) >= 11 is 6.53. The number of hydrogen-bond donors (Lipinski definition) is 1. The van der Waals surface area contributed by atoms with E-state index in [2.05, 4.69) is 4.98 Å². The van der Waals surface area contributed by atoms with Crippen molar-refractivity contribution in [2.45, 2.75) is 37.4 Å². The lowest BCUT2D eigenvalue weighted by Gasteiger charge is -2.40. The van der Waals surface area contributed by atoms with Crippen molar-refractivity contribution in [3.05, 3.63) is 54.2 Å². The Kier molecular flexibility index (Phi) is 4.62. The van der Waals surface area contributed by atoms with Gasteiger partial charge in [0.15, 0.2) is 5.72 Å². The van der Waals surface area contributed by atoms with Crippen molar-refractivity contribution in [1.82, 2.24) is 4.98 Å². The van der Waals surface area contributed by atoms with Gasteiger partial charge in [0.25, 0.3) is 0 Å². The van der Waals surface area contributed by atoms with E-state index in [1.165, 1.54) is 6.07 Å². The van der Waals surface area contributed by atoms with Crippen molar-refractivity contribution in [2.75, 3.05) is 4.90 Å². The molecule has 2 unspecified atom stereocenters. The van der Waals surface area contributed by atoms with Gasteiger partial charge >= 0.3 is 5.97 Å². The third-order valence-electron chi connectivity index (χ3n) is 4.34. The lowest BCUT2D eigenvalue weighted by molar-refractivity contribution is 0.0680. The molecule has 2 heterocycles. The Morgan fingerprint density at radius 2 is 2.12 bits per heavy atom. The Labute approximate surface area is 145 Å². The third-order valence-corrected chi connectivity index (χ3v) is 4.75. The maximum atomic E-state index is 11.6. The number of aromatic carboxylic acids is 1. The molecule has 0 bridgehead atoms. The quantitative estimate of drug-likeness (QED) is 0.651. The average Bonchev–Trinajstić information content (AvgIpc) is 2.92. The van der Waals surface area contributed by atoms with E-state index in [4.69, 9.17) is 16.3 Å². The Hall–Kier alpha value is -2.27. The van der Waals surface area contributed by atoms with Crippen LogP contribution < -0.4 is 9.64 Å². The molecular weight excluding hydrogens is 328 g/mol. The van der Waals surface area contributed by atoms with Gasteiger partial charge in [-0.25, -0.2) is 9.78 Å². The number of para-hydroxylation sites is 1. The van der Waals surface area contributed by atoms with Gasteiger partial charge in [-0.15, -0.1) is 0 Å². The molecule has 0 saturated carbocycles. The van der Waals surface area contributed by atoms with Crippen molar-refractivity contribution >= 4 is 23.4 Å². The number of carboxylic acid groups (broad SMARTS) is 1. The Bertz CT molecular complexity index is 725. The van der Waals surface area contributed by atoms with Gasteiger partial charge in [0.05, 0.1) is 0 Å². The van der Waals surface area contributed by atoms with Crippen LogP contribution in [-0.2, 0) is 0 Å². The number of carbonyl (C=O) groups is 1. The number of hydrogen-bond acceptors (Lipinski definition) is 4. The minimum Gasteiger partial charge on any atom is -0.478 e. The fraction of sp³-hybridized carbons (Fsp3) is 0.333. The minimum absolute atomic E-state index is 0.125. The number of aromatic nitrogens is 1. The fourth-order valence-corrected chi connectivity index (χ4v) is 3.54. The fourth-order valence-electron chi connectivity index (χ4n) is 3.16. The van der Waals surface area contributed by atoms with Crippen molar-refractivity contribution in [2.24, 2.45) is 0 Å². The number of rotatable bonds is 5. The molecule has 0 aliphatic carbocycles. The first kappa shape index (κ1) is 16.6. The van der Waals surface area contributed by atoms with Gasteiger partial charge in [0.1, 0.15) is 22.6 Å². The largest absolute Gasteiger partial charge is 0.478 e. The molecule has 2 aromatic rings. The Morgan fingerprint density at radius 3 is 2.79 bits per heavy atom. The number of halogens is 1. The van der Waals surface area contributed by atoms with E-state index in [9.17, 15) is 9.90 Å². The Morgan fingerprint density at radius 1 is 1.38 bits per heavy atom. The SMILES string of the molecule is CCC1(Oc2ccccc2)CCC(Cl)N1c1ncccc1C(=O)O. The summed E-state index contributed by atoms with van der Waals surface area (Å²) in [6.07, 6.45) is 3.62. The van der Waals surface area contributed by atoms with Crippen LogP contribution in [0.5, 0.6) is 5.75 Å². The van der Waals surface area contributed by atoms with Crippen LogP contribution in [0, 0.1) is 0 Å². The predicted octanol–water partition coefficient (Wildman–Crippen LogP) is 4.13. The highest BCUT2D eigenvalue weighted by Crippen LogP contribution is 2.43. The molecule has 2 atom stereocenters. The van der Waals surface area contributed by atoms with Crippen LogP contribution in [-0.4, -0.2) is 27.3 Å². The van der Waals surface area contributed by atoms with Gasteiger partial charge in [-0.05, 0) is 30.7 Å². The lowest BCUT2D eigenvalue weighted by atomic mass is 10.1. The molecule has 126 valence electrons. The van der Waals surface area contributed by atoms with E-state index in [0.29, 0.717) is 25.1 Å². The molecule has 5 nitrogen and oxygen atoms in total. The molecule has 0 spiro atoms. The van der Waals surface area contributed by atoms with Crippen molar-refractivity contribution in [1.29, 1.82) is 0 Å². The van der Waals surface area contributed by atoms with E-state index in [-0.39, 0.29) is 11.1 Å². The first-order valence-corrected chi connectivity index (χ1v) is 8.37. The molecule has 1 aromatic heterocycles. The zero-order chi connectivity index (χ0) is 17.2. The first-order chi connectivity index (χ1) is 11.6. The number of benzene rings is 1. The molecular formula is C18H19ClN2O3. The maximum absolute atomic E-state index is 11.6. The molecule has 1 saturated heterocycles. The number of ether oxygens (including phenoxy) is 1. The van der Waals surface area contributed by atoms with E-state index in [1.807, 2.05) is 42.2 Å². The van der Waals surface area contributed by atoms with Crippen LogP contribution in [0.1, 0.15) is 36.5 Å². The van der Waals surface area contributed by atoms with Gasteiger partial charge in [-0.1, -0.05) is 36.7 Å². The smallest absolute Gasteiger partial charge is 0.339 e. The second-order valence-electron chi connectivity index (χ2n) is 5.74. The summed E-state index contributed by atoms with van der Waals surface area (Å²) in [5.74, 6) is 0.0433. The zero-order valence-electron chi connectivity index (χ0n) is 13.4. The summed E-state index contributed by atoms with van der Waals surface area (Å²) in [5.41, 5.74) is -0.965. The molecule has 6 heteroatoms. The van der Waals surface area contributed by atoms with Crippen molar-refractivity contribution in [3.63, 3.8) is 0 Å². The summed E-state index contributed by atoms with van der Waals surface area (Å²) in [6, 6.07) is 12.6. The van der Waals surface area contributed by atoms with Gasteiger partial charge in [-0.2, -0.15) is 0 Å². The van der Waals surface area contributed by atoms with Crippen molar-refractivity contribution < 1.29 is 14.6 Å². The van der Waals surface area contributed by atoms with Gasteiger partial charge in [0, 0.05) is 19.0 Å². The molecule has 1 aliphatic heterocycles. The van der Waals surface area contributed by atoms with Crippen LogP contribution >= 0.6 is 11.6 Å². The number of anilines is 1. The number of pyridine rings is 1. The lowest BCUT2D eigenvalue weighted by Crippen LogP contribution is -2.51. The van der Waals surface area contributed by atoms with Gasteiger partial charge in [0.2, 0.25) is 0 Å². The second-order valence-corrected chi connectivity index (χ2v) is 6.24. The molecule has 3 rings (SSSR count). The van der Waals surface area contributed by atoms with Crippen LogP contribution in [0.15, 0.2) is 48.7 Å². The molecule has 0 amide bonds. The third kappa shape index (κ3) is 2.91. The van der Waals surface area contributed by atoms with E-state index in [1.54, 1.807) is 12.3 Å². The standard InChI is InChI=1S/C18H19ClN2O3/c1-2-18(24-13-7-4-3-5-8-13)11-10-15(19)21(18)16-14(17(22)23)9-6-12-20-16/h3-9,12,15H,2,10-11H2,1H3,(H,22,23). The Balaban J connectivity index is 2.05. The summed E-state index contributed by atoms with van der Waals surface area (Å²) in [7, 11) is 0. The molecule has 0 radical (unpaired) electrons. The number of carboxylic acids is 1. The number of nitrogens with zero attached hydrogens (tertiary/aromatic N) is 2. The summed E-state index contributed by atoms with van der Waals surface area (Å²) in [6.45, 7) is 2.01. The molecule has 24 heavy (non-hydrogen) atoms. The molecule has 1 N–H and O–H groups in total. The average molecular weight is 347 g/mol. The van der Waals surface area contributed by atoms with Crippen molar-refractivity contribution in [3.8, 4) is 5.75 Å². The number of alkyl halides is 1. The van der Waals surface area contributed by atoms with Crippen LogP contribution in [0.4, 0.5) is 5.82 Å². The molecule has 1 fully saturated rings. The first-order valence-electron chi connectivity index (χ1n) is 7.93. The van der Waals surface area contributed by atoms with Crippen LogP contribution in [0.3, 0.4) is 0 Å². The minimum atomic E-state index is -1.03. The van der Waals surface area contributed by atoms with E-state index in [0.717, 1.165) is 5.75 Å². The summed E-state index contributed by atoms with van der Waals surface area (Å²) in [5, 5.41) is 9.49. The topological polar surface area (TPSA) is 62.7 Å². The van der Waals surface area contributed by atoms with Gasteiger partial charge in [-0.3, -0.25) is 0 Å². The van der Waals surface area contributed by atoms with E-state index >= 15 is 0 Å². The van der Waals surface area contributed by atoms with Gasteiger partial charge < -0.3 is 14.7 Å². The van der Waals surface area contributed by atoms with E-state index < -0.39 is 11.7 Å². The highest BCUT2D eigenvalue weighted by molar-refractivity contribution is 6.22. The van der Waals surface area contributed by atoms with Crippen LogP contribution in [0.2, 0.25) is 0 Å². The van der Waals surface area contributed by atoms with Crippen LogP contribution in [0.25, 0.3) is 0 Å². The highest BCUT2D eigenvalue weighted by Gasteiger charge is 2.48. The summed E-state index contributed by atoms with van der Waals surface area (Å²) < 4.78 is 6.29. The molecule has 1 aliphatic rings. The highest BCUT2D eigenvalue weighted by atomic mass is 35.5. The molecule has 1 aromatic carbocycles. The summed E-state index contributed by atoms with van der Waals surface area (Å²) in [4.78, 5) is 17.7. The monoisotopic (exact) mass is 346 g/mol. The predicted molar refractivity (Wildman–Crippen MR) is 92.6 cm³/mol. The maximum Gasteiger partial charge on any atom is 0.339 e. The normalized spacial score (nSPS) is 23.2. The zero-order valence-corrected chi connectivity index (χ0v) is 14.1.